The van der Waals surface area contributed by atoms with Crippen LogP contribution in [0.2, 0.25) is 0 Å². The third-order valence-electron chi connectivity index (χ3n) is 8.09. The van der Waals surface area contributed by atoms with Crippen molar-refractivity contribution in [1.82, 2.24) is 5.32 Å². The van der Waals surface area contributed by atoms with E-state index in [-0.39, 0.29) is 40.9 Å². The minimum Gasteiger partial charge on any atom is -0.504 e. The molecule has 150 valence electrons. The first-order valence-corrected chi connectivity index (χ1v) is 10.3. The highest BCUT2D eigenvalue weighted by Crippen LogP contribution is 2.64. The number of aliphatic hydroxyl groups excluding tert-OH is 1. The second-order valence-electron chi connectivity index (χ2n) is 9.34. The number of nitrogens with one attached hydrogen (secondary N) is 1. The van der Waals surface area contributed by atoms with E-state index in [4.69, 9.17) is 0 Å². The molecule has 0 bridgehead atoms. The van der Waals surface area contributed by atoms with Crippen molar-refractivity contribution in [2.24, 2.45) is 28.6 Å². The lowest BCUT2D eigenvalue weighted by atomic mass is 9.47. The molecule has 4 rings (SSSR count). The van der Waals surface area contributed by atoms with Gasteiger partial charge in [-0.25, -0.2) is 0 Å². The van der Waals surface area contributed by atoms with Crippen LogP contribution in [-0.2, 0) is 14.4 Å². The second-order valence-corrected chi connectivity index (χ2v) is 9.34. The molecule has 2 N–H and O–H groups in total. The number of fused-ring (bicyclic) bond motifs is 5. The van der Waals surface area contributed by atoms with Gasteiger partial charge < -0.3 is 10.4 Å². The molecule has 0 aromatic heterocycles. The summed E-state index contributed by atoms with van der Waals surface area (Å²) in [4.78, 5) is 38.5. The van der Waals surface area contributed by atoms with Crippen LogP contribution in [0.5, 0.6) is 0 Å². The van der Waals surface area contributed by atoms with E-state index in [0.717, 1.165) is 19.3 Å². The Bertz CT molecular complexity index is 838. The van der Waals surface area contributed by atoms with Gasteiger partial charge in [0.15, 0.2) is 11.5 Å². The maximum atomic E-state index is 13.3. The molecule has 4 aliphatic rings. The predicted octanol–water partition coefficient (Wildman–Crippen LogP) is 3.42. The van der Waals surface area contributed by atoms with Gasteiger partial charge in [-0.2, -0.15) is 0 Å². The zero-order valence-corrected chi connectivity index (χ0v) is 16.7. The van der Waals surface area contributed by atoms with Crippen molar-refractivity contribution >= 4 is 17.3 Å². The fraction of sp³-hybridized carbons (Fsp3) is 0.609. The Morgan fingerprint density at radius 1 is 1.11 bits per heavy atom. The monoisotopic (exact) mass is 383 g/mol. The van der Waals surface area contributed by atoms with Crippen LogP contribution in [0.25, 0.3) is 0 Å². The van der Waals surface area contributed by atoms with Gasteiger partial charge in [0, 0.05) is 53.5 Å². The Labute approximate surface area is 166 Å². The largest absolute Gasteiger partial charge is 0.504 e. The molecule has 0 heterocycles. The molecule has 3 fully saturated rings. The normalized spacial score (nSPS) is 41.6. The lowest BCUT2D eigenvalue weighted by Gasteiger charge is -2.55. The molecular formula is C23H29NO4. The first-order valence-electron chi connectivity index (χ1n) is 10.3. The summed E-state index contributed by atoms with van der Waals surface area (Å²) in [5, 5.41) is 14.0. The van der Waals surface area contributed by atoms with E-state index in [2.05, 4.69) is 18.8 Å². The molecule has 4 aliphatic carbocycles. The van der Waals surface area contributed by atoms with Crippen molar-refractivity contribution in [2.45, 2.75) is 52.4 Å². The summed E-state index contributed by atoms with van der Waals surface area (Å²) >= 11 is 0. The maximum absolute atomic E-state index is 13.3. The van der Waals surface area contributed by atoms with Crippen LogP contribution < -0.4 is 5.32 Å². The molecule has 0 radical (unpaired) electrons. The maximum Gasteiger partial charge on any atom is 0.201 e. The summed E-state index contributed by atoms with van der Waals surface area (Å²) in [6.45, 7) is 8.26. The average molecular weight is 383 g/mol. The molecule has 3 saturated carbocycles. The molecule has 5 heteroatoms. The minimum atomic E-state index is -0.445. The van der Waals surface area contributed by atoms with Crippen LogP contribution >= 0.6 is 0 Å². The summed E-state index contributed by atoms with van der Waals surface area (Å²) in [6, 6.07) is 0. The molecule has 0 saturated heterocycles. The van der Waals surface area contributed by atoms with Crippen molar-refractivity contribution in [3.05, 3.63) is 35.8 Å². The van der Waals surface area contributed by atoms with Crippen molar-refractivity contribution in [1.29, 1.82) is 0 Å². The van der Waals surface area contributed by atoms with Crippen LogP contribution in [0, 0.1) is 28.6 Å². The third-order valence-corrected chi connectivity index (χ3v) is 8.09. The Morgan fingerprint density at radius 2 is 1.82 bits per heavy atom. The highest BCUT2D eigenvalue weighted by Gasteiger charge is 2.63. The Hall–Kier alpha value is -2.17. The Balaban J connectivity index is 1.82. The summed E-state index contributed by atoms with van der Waals surface area (Å²) in [6.07, 6.45) is 7.19. The molecule has 0 amide bonds. The summed E-state index contributed by atoms with van der Waals surface area (Å²) in [5.74, 6) is -0.578. The Morgan fingerprint density at radius 3 is 2.54 bits per heavy atom. The van der Waals surface area contributed by atoms with Gasteiger partial charge in [0.05, 0.1) is 0 Å². The highest BCUT2D eigenvalue weighted by molar-refractivity contribution is 6.07. The van der Waals surface area contributed by atoms with Crippen LogP contribution in [0.1, 0.15) is 52.4 Å². The number of carbonyl (C=O) groups excluding carboxylic acids is 3. The topological polar surface area (TPSA) is 83.5 Å². The van der Waals surface area contributed by atoms with Gasteiger partial charge in [0.2, 0.25) is 5.78 Å². The van der Waals surface area contributed by atoms with Gasteiger partial charge in [0.25, 0.3) is 0 Å². The van der Waals surface area contributed by atoms with Gasteiger partial charge in [-0.05, 0) is 37.5 Å². The van der Waals surface area contributed by atoms with E-state index in [0.29, 0.717) is 37.0 Å². The number of aliphatic hydroxyl groups is 1. The Kier molecular flexibility index (Phi) is 4.40. The fourth-order valence-electron chi connectivity index (χ4n) is 6.52. The van der Waals surface area contributed by atoms with E-state index < -0.39 is 10.8 Å². The smallest absolute Gasteiger partial charge is 0.201 e. The molecule has 28 heavy (non-hydrogen) atoms. The minimum absolute atomic E-state index is 0.00396. The van der Waals surface area contributed by atoms with Crippen LogP contribution in [0.3, 0.4) is 0 Å². The molecule has 5 nitrogen and oxygen atoms in total. The summed E-state index contributed by atoms with van der Waals surface area (Å²) in [5.41, 5.74) is 0.0699. The number of carbonyl (C=O) groups is 3. The van der Waals surface area contributed by atoms with Gasteiger partial charge in [-0.15, -0.1) is 6.58 Å². The third kappa shape index (κ3) is 2.41. The quantitative estimate of drug-likeness (QED) is 0.443. The molecule has 0 spiro atoms. The lowest BCUT2D eigenvalue weighted by molar-refractivity contribution is -0.142. The number of Topliss-reactive ketones (excluding diaryl/α,β-unsaturated/α-hetero) is 3. The number of rotatable bonds is 3. The van der Waals surface area contributed by atoms with Gasteiger partial charge in [-0.3, -0.25) is 14.4 Å². The average Bonchev–Trinajstić information content (AvgIpc) is 2.97. The van der Waals surface area contributed by atoms with Crippen molar-refractivity contribution < 1.29 is 19.5 Å². The van der Waals surface area contributed by atoms with E-state index in [1.54, 1.807) is 12.3 Å². The first-order chi connectivity index (χ1) is 13.3. The second kappa shape index (κ2) is 6.43. The lowest BCUT2D eigenvalue weighted by Crippen LogP contribution is -2.55. The van der Waals surface area contributed by atoms with Crippen molar-refractivity contribution in [2.75, 3.05) is 6.54 Å². The molecule has 0 unspecified atom stereocenters. The molecular weight excluding hydrogens is 354 g/mol. The molecule has 0 aliphatic heterocycles. The number of ketones is 3. The zero-order chi connectivity index (χ0) is 20.3. The van der Waals surface area contributed by atoms with Crippen molar-refractivity contribution in [3.8, 4) is 0 Å². The van der Waals surface area contributed by atoms with Crippen LogP contribution in [0.4, 0.5) is 0 Å². The van der Waals surface area contributed by atoms with Crippen LogP contribution in [0.15, 0.2) is 35.8 Å². The SMILES string of the molecule is C=CCN/C=C1/C(=O)CC[C@@]2(C)C1=C(O)C(=O)[C@@H]1[C@@H]2CC[C@]2(C)C(=O)CC[C@@H]12. The molecule has 0 aromatic rings. The summed E-state index contributed by atoms with van der Waals surface area (Å²) < 4.78 is 0. The van der Waals surface area contributed by atoms with E-state index in [9.17, 15) is 19.5 Å². The first kappa shape index (κ1) is 19.2. The van der Waals surface area contributed by atoms with Gasteiger partial charge in [-0.1, -0.05) is 19.9 Å². The standard InChI is InChI=1S/C23H29NO4/c1-4-11-24-12-13-16(25)8-10-23(3)15-7-9-22(2)14(5-6-17(22)26)18(15)20(27)21(28)19(13)23/h4,12,14-15,18,24,28H,1,5-11H2,2-3H3/b13-12-/t14-,15-,18-,22-,23+/m0/s1. The number of allylic oxidation sites excluding steroid dienone is 3. The molecule has 0 aromatic carbocycles. The van der Waals surface area contributed by atoms with E-state index in [1.807, 2.05) is 6.92 Å². The van der Waals surface area contributed by atoms with E-state index in [1.165, 1.54) is 0 Å². The molecule has 5 atom stereocenters. The van der Waals surface area contributed by atoms with E-state index >= 15 is 0 Å². The van der Waals surface area contributed by atoms with Gasteiger partial charge in [0.1, 0.15) is 5.78 Å². The van der Waals surface area contributed by atoms with Crippen LogP contribution in [-0.4, -0.2) is 29.0 Å². The van der Waals surface area contributed by atoms with Crippen molar-refractivity contribution in [3.63, 3.8) is 0 Å². The number of hydrogen-bond acceptors (Lipinski definition) is 5. The zero-order valence-electron chi connectivity index (χ0n) is 16.7. The van der Waals surface area contributed by atoms with Gasteiger partial charge >= 0.3 is 0 Å². The predicted molar refractivity (Wildman–Crippen MR) is 105 cm³/mol. The summed E-state index contributed by atoms with van der Waals surface area (Å²) in [7, 11) is 0. The fourth-order valence-corrected chi connectivity index (χ4v) is 6.52. The highest BCUT2D eigenvalue weighted by atomic mass is 16.3. The number of hydrogen-bond donors (Lipinski definition) is 2.